The number of hydrogen-bond donors (Lipinski definition) is 1. The van der Waals surface area contributed by atoms with Gasteiger partial charge in [-0.15, -0.1) is 0 Å². The summed E-state index contributed by atoms with van der Waals surface area (Å²) in [4.78, 5) is 15.7. The molecule has 0 aliphatic rings. The number of rotatable bonds is 25. The van der Waals surface area contributed by atoms with E-state index in [1.807, 2.05) is 25.6 Å². The highest BCUT2D eigenvalue weighted by Gasteiger charge is 2.41. The smallest absolute Gasteiger partial charge is 0.301 e. The third kappa shape index (κ3) is 17.4. The van der Waals surface area contributed by atoms with Gasteiger partial charge in [0, 0.05) is 5.25 Å². The fourth-order valence-corrected chi connectivity index (χ4v) is 6.68. The van der Waals surface area contributed by atoms with Crippen molar-refractivity contribution in [3.05, 3.63) is 0 Å². The fraction of sp³-hybridized carbons (Fsp3) is 0.962. The topological polar surface area (TPSA) is 82.1 Å². The van der Waals surface area contributed by atoms with Crippen LogP contribution in [0.3, 0.4) is 0 Å². The van der Waals surface area contributed by atoms with Gasteiger partial charge < -0.3 is 4.52 Å². The van der Waals surface area contributed by atoms with Gasteiger partial charge in [0.25, 0.3) is 0 Å². The highest BCUT2D eigenvalue weighted by Crippen LogP contribution is 2.52. The minimum atomic E-state index is -4.18. The molecule has 0 radical (unpaired) electrons. The van der Waals surface area contributed by atoms with Gasteiger partial charge in [-0.05, 0) is 31.9 Å². The SMILES string of the molecule is CCCCCCCCCCSC(CCCCCCCCC)C(C)OP(=O)(OCCC)C(=O)OO. The van der Waals surface area contributed by atoms with Crippen LogP contribution in [0.1, 0.15) is 137 Å². The Hall–Kier alpha value is -0.0700. The molecule has 0 aromatic heterocycles. The number of carbonyl (C=O) groups is 1. The molecule has 0 heterocycles. The lowest BCUT2D eigenvalue weighted by molar-refractivity contribution is -0.169. The molecule has 34 heavy (non-hydrogen) atoms. The van der Waals surface area contributed by atoms with Crippen molar-refractivity contribution in [2.24, 2.45) is 0 Å². The number of carbonyl (C=O) groups excluding carboxylic acids is 1. The normalized spacial score (nSPS) is 15.1. The quantitative estimate of drug-likeness (QED) is 0.0550. The van der Waals surface area contributed by atoms with Crippen LogP contribution >= 0.6 is 19.4 Å². The third-order valence-corrected chi connectivity index (χ3v) is 9.25. The molecule has 0 fully saturated rings. The molecule has 3 atom stereocenters. The summed E-state index contributed by atoms with van der Waals surface area (Å²) < 4.78 is 23.8. The Morgan fingerprint density at radius 3 is 1.79 bits per heavy atom. The first kappa shape index (κ1) is 33.9. The lowest BCUT2D eigenvalue weighted by atomic mass is 10.1. The largest absolute Gasteiger partial charge is 0.452 e. The molecule has 1 N–H and O–H groups in total. The van der Waals surface area contributed by atoms with Crippen molar-refractivity contribution >= 4 is 25.1 Å². The summed E-state index contributed by atoms with van der Waals surface area (Å²) in [5.74, 6) is 1.02. The molecule has 0 spiro atoms. The summed E-state index contributed by atoms with van der Waals surface area (Å²) in [5.41, 5.74) is -1.34. The van der Waals surface area contributed by atoms with Crippen molar-refractivity contribution in [2.45, 2.75) is 148 Å². The maximum atomic E-state index is 12.9. The maximum Gasteiger partial charge on any atom is 0.452 e. The molecule has 0 aromatic carbocycles. The van der Waals surface area contributed by atoms with Crippen molar-refractivity contribution in [3.8, 4) is 0 Å². The van der Waals surface area contributed by atoms with E-state index in [-0.39, 0.29) is 11.9 Å². The van der Waals surface area contributed by atoms with E-state index in [2.05, 4.69) is 18.7 Å². The predicted octanol–water partition coefficient (Wildman–Crippen LogP) is 10.0. The molecule has 0 rings (SSSR count). The van der Waals surface area contributed by atoms with Crippen LogP contribution in [0, 0.1) is 0 Å². The molecule has 0 aromatic rings. The fourth-order valence-electron chi connectivity index (χ4n) is 3.90. The Morgan fingerprint density at radius 2 is 1.29 bits per heavy atom. The van der Waals surface area contributed by atoms with Crippen LogP contribution in [0.5, 0.6) is 0 Å². The van der Waals surface area contributed by atoms with Crippen molar-refractivity contribution < 1.29 is 28.6 Å². The van der Waals surface area contributed by atoms with Gasteiger partial charge in [-0.3, -0.25) is 9.41 Å². The lowest BCUT2D eigenvalue weighted by Gasteiger charge is -2.26. The molecular formula is C26H53O6PS. The minimum Gasteiger partial charge on any atom is -0.301 e. The van der Waals surface area contributed by atoms with Crippen LogP contribution in [-0.2, 0) is 18.5 Å². The monoisotopic (exact) mass is 524 g/mol. The van der Waals surface area contributed by atoms with E-state index in [0.29, 0.717) is 6.42 Å². The van der Waals surface area contributed by atoms with Gasteiger partial charge in [0.2, 0.25) is 0 Å². The Kier molecular flexibility index (Phi) is 23.3. The van der Waals surface area contributed by atoms with E-state index in [1.54, 1.807) is 0 Å². The van der Waals surface area contributed by atoms with Gasteiger partial charge in [0.15, 0.2) is 0 Å². The molecular weight excluding hydrogens is 471 g/mol. The van der Waals surface area contributed by atoms with Gasteiger partial charge >= 0.3 is 13.3 Å². The second-order valence-electron chi connectivity index (χ2n) is 9.29. The molecule has 0 bridgehead atoms. The van der Waals surface area contributed by atoms with E-state index >= 15 is 0 Å². The van der Waals surface area contributed by atoms with Gasteiger partial charge in [-0.2, -0.15) is 17.0 Å². The van der Waals surface area contributed by atoms with E-state index in [9.17, 15) is 9.36 Å². The highest BCUT2D eigenvalue weighted by molar-refractivity contribution is 7.99. The average Bonchev–Trinajstić information content (AvgIpc) is 2.83. The second kappa shape index (κ2) is 23.3. The average molecular weight is 525 g/mol. The molecule has 0 aliphatic carbocycles. The van der Waals surface area contributed by atoms with Crippen molar-refractivity contribution in [3.63, 3.8) is 0 Å². The first-order valence-corrected chi connectivity index (χ1v) is 16.4. The summed E-state index contributed by atoms with van der Waals surface area (Å²) in [5, 5.41) is 8.90. The van der Waals surface area contributed by atoms with E-state index < -0.39 is 19.4 Å². The van der Waals surface area contributed by atoms with Gasteiger partial charge in [0.1, 0.15) is 0 Å². The molecule has 6 nitrogen and oxygen atoms in total. The van der Waals surface area contributed by atoms with Gasteiger partial charge in [-0.25, -0.2) is 9.36 Å². The molecule has 3 unspecified atom stereocenters. The van der Waals surface area contributed by atoms with Crippen LogP contribution in [0.25, 0.3) is 0 Å². The molecule has 0 saturated carbocycles. The van der Waals surface area contributed by atoms with Crippen molar-refractivity contribution in [2.75, 3.05) is 12.4 Å². The van der Waals surface area contributed by atoms with Crippen molar-refractivity contribution in [1.29, 1.82) is 0 Å². The Bertz CT molecular complexity index is 520. The minimum absolute atomic E-state index is 0.104. The zero-order chi connectivity index (χ0) is 25.5. The van der Waals surface area contributed by atoms with Crippen LogP contribution < -0.4 is 0 Å². The Balaban J connectivity index is 4.67. The first-order chi connectivity index (χ1) is 16.4. The summed E-state index contributed by atoms with van der Waals surface area (Å²) in [7, 11) is -4.18. The van der Waals surface area contributed by atoms with Crippen LogP contribution in [0.2, 0.25) is 0 Å². The zero-order valence-electron chi connectivity index (χ0n) is 22.4. The number of hydrogen-bond acceptors (Lipinski definition) is 7. The second-order valence-corrected chi connectivity index (χ2v) is 12.5. The summed E-state index contributed by atoms with van der Waals surface area (Å²) in [6.45, 7) is 8.27. The summed E-state index contributed by atoms with van der Waals surface area (Å²) in [6, 6.07) is 0. The molecule has 0 saturated heterocycles. The van der Waals surface area contributed by atoms with Crippen molar-refractivity contribution in [1.82, 2.24) is 0 Å². The highest BCUT2D eigenvalue weighted by atomic mass is 32.2. The molecule has 204 valence electrons. The maximum absolute atomic E-state index is 12.9. The first-order valence-electron chi connectivity index (χ1n) is 13.9. The van der Waals surface area contributed by atoms with Crippen LogP contribution in [-0.4, -0.2) is 34.7 Å². The van der Waals surface area contributed by atoms with Crippen LogP contribution in [0.15, 0.2) is 0 Å². The van der Waals surface area contributed by atoms with Gasteiger partial charge in [-0.1, -0.05) is 111 Å². The number of unbranched alkanes of at least 4 members (excludes halogenated alkanes) is 13. The molecule has 0 aliphatic heterocycles. The molecule has 8 heteroatoms. The standard InChI is InChI=1S/C26H53O6PS/c1-5-8-10-12-14-16-18-20-23-34-25(21-19-17-15-13-11-9-6-2)24(4)32-33(29,26(27)31-28)30-22-7-3/h24-25,28H,5-23H2,1-4H3. The van der Waals surface area contributed by atoms with Crippen LogP contribution in [0.4, 0.5) is 4.79 Å². The number of thioether (sulfide) groups is 1. The lowest BCUT2D eigenvalue weighted by Crippen LogP contribution is -2.25. The third-order valence-electron chi connectivity index (χ3n) is 6.02. The molecule has 0 amide bonds. The van der Waals surface area contributed by atoms with E-state index in [4.69, 9.17) is 14.3 Å². The zero-order valence-corrected chi connectivity index (χ0v) is 24.1. The van der Waals surface area contributed by atoms with Gasteiger partial charge in [0.05, 0.1) is 12.7 Å². The van der Waals surface area contributed by atoms with E-state index in [0.717, 1.165) is 25.0 Å². The Labute approximate surface area is 214 Å². The summed E-state index contributed by atoms with van der Waals surface area (Å²) >= 11 is 1.84. The Morgan fingerprint density at radius 1 is 0.794 bits per heavy atom. The predicted molar refractivity (Wildman–Crippen MR) is 145 cm³/mol. The summed E-state index contributed by atoms with van der Waals surface area (Å²) in [6.07, 6.45) is 20.0. The van der Waals surface area contributed by atoms with E-state index in [1.165, 1.54) is 83.5 Å².